The first-order valence-corrected chi connectivity index (χ1v) is 6.61. The molecule has 0 amide bonds. The van der Waals surface area contributed by atoms with Crippen molar-refractivity contribution in [2.75, 3.05) is 6.61 Å². The lowest BCUT2D eigenvalue weighted by atomic mass is 10.2. The summed E-state index contributed by atoms with van der Waals surface area (Å²) < 4.78 is 45.5. The van der Waals surface area contributed by atoms with E-state index in [0.717, 1.165) is 12.1 Å². The lowest BCUT2D eigenvalue weighted by molar-refractivity contribution is -0.137. The maximum absolute atomic E-state index is 12.6. The molecular weight excluding hydrogens is 289 g/mol. The van der Waals surface area contributed by atoms with E-state index in [2.05, 4.69) is 4.98 Å². The van der Waals surface area contributed by atoms with Gasteiger partial charge in [0.05, 0.1) is 29.3 Å². The molecule has 0 aliphatic heterocycles. The van der Waals surface area contributed by atoms with Crippen molar-refractivity contribution < 1.29 is 17.9 Å². The predicted octanol–water partition coefficient (Wildman–Crippen LogP) is 4.14. The van der Waals surface area contributed by atoms with Gasteiger partial charge in [0.1, 0.15) is 0 Å². The number of alkyl halides is 3. The van der Waals surface area contributed by atoms with Crippen molar-refractivity contribution in [3.05, 3.63) is 28.5 Å². The average Bonchev–Trinajstić information content (AvgIpc) is 2.63. The number of nitrogens with one attached hydrogen (secondary N) is 1. The molecule has 1 aromatic heterocycles. The van der Waals surface area contributed by atoms with Crippen LogP contribution in [0.1, 0.15) is 19.4 Å². The third-order valence-electron chi connectivity index (χ3n) is 2.87. The minimum atomic E-state index is -4.35. The summed E-state index contributed by atoms with van der Waals surface area (Å²) in [4.78, 5) is 2.80. The zero-order valence-electron chi connectivity index (χ0n) is 11.1. The van der Waals surface area contributed by atoms with Gasteiger partial charge in [0, 0.05) is 6.54 Å². The summed E-state index contributed by atoms with van der Waals surface area (Å²) in [5, 5.41) is 0. The number of ether oxygens (including phenoxy) is 1. The molecule has 0 atom stereocenters. The Morgan fingerprint density at radius 2 is 2.05 bits per heavy atom. The summed E-state index contributed by atoms with van der Waals surface area (Å²) in [5.41, 5.74) is 0.344. The first kappa shape index (κ1) is 15.1. The fraction of sp³-hybridized carbons (Fsp3) is 0.462. The topological polar surface area (TPSA) is 29.9 Å². The lowest BCUT2D eigenvalue weighted by Gasteiger charge is -2.09. The molecular formula is C13H15F3N2OS. The van der Waals surface area contributed by atoms with E-state index in [4.69, 9.17) is 17.0 Å². The van der Waals surface area contributed by atoms with Gasteiger partial charge in [-0.1, -0.05) is 0 Å². The van der Waals surface area contributed by atoms with Crippen molar-refractivity contribution in [1.82, 2.24) is 9.55 Å². The van der Waals surface area contributed by atoms with Gasteiger partial charge < -0.3 is 14.3 Å². The number of H-pyrrole nitrogens is 1. The first-order chi connectivity index (χ1) is 9.29. The summed E-state index contributed by atoms with van der Waals surface area (Å²) in [5.74, 6) is 0. The highest BCUT2D eigenvalue weighted by Crippen LogP contribution is 2.31. The predicted molar refractivity (Wildman–Crippen MR) is 73.2 cm³/mol. The normalized spacial score (nSPS) is 12.5. The van der Waals surface area contributed by atoms with Crippen LogP contribution in [-0.2, 0) is 17.5 Å². The molecule has 0 unspecified atom stereocenters. The molecule has 0 fully saturated rings. The Morgan fingerprint density at radius 1 is 1.35 bits per heavy atom. The highest BCUT2D eigenvalue weighted by Gasteiger charge is 2.30. The van der Waals surface area contributed by atoms with Crippen LogP contribution in [0.4, 0.5) is 13.2 Å². The molecule has 3 nitrogen and oxygen atoms in total. The van der Waals surface area contributed by atoms with Gasteiger partial charge in [-0.25, -0.2) is 0 Å². The second-order valence-corrected chi connectivity index (χ2v) is 5.12. The van der Waals surface area contributed by atoms with E-state index in [-0.39, 0.29) is 6.10 Å². The minimum Gasteiger partial charge on any atom is -0.377 e. The zero-order valence-corrected chi connectivity index (χ0v) is 11.9. The fourth-order valence-corrected chi connectivity index (χ4v) is 2.24. The van der Waals surface area contributed by atoms with Crippen LogP contribution in [0.5, 0.6) is 0 Å². The number of hydrogen-bond donors (Lipinski definition) is 1. The van der Waals surface area contributed by atoms with Gasteiger partial charge in [-0.05, 0) is 44.3 Å². The van der Waals surface area contributed by atoms with E-state index in [1.54, 1.807) is 4.57 Å². The molecule has 2 aromatic rings. The zero-order chi connectivity index (χ0) is 14.9. The van der Waals surface area contributed by atoms with Crippen molar-refractivity contribution >= 4 is 23.3 Å². The monoisotopic (exact) mass is 304 g/mol. The SMILES string of the molecule is CC(C)OCCn1c(=S)[nH]c2cc(C(F)(F)F)ccc21. The van der Waals surface area contributed by atoms with Crippen LogP contribution < -0.4 is 0 Å². The Labute approximate surface area is 119 Å². The largest absolute Gasteiger partial charge is 0.416 e. The number of imidazole rings is 1. The van der Waals surface area contributed by atoms with Crippen molar-refractivity contribution in [2.24, 2.45) is 0 Å². The highest BCUT2D eigenvalue weighted by atomic mass is 32.1. The number of aromatic nitrogens is 2. The number of halogens is 3. The van der Waals surface area contributed by atoms with Crippen LogP contribution >= 0.6 is 12.2 Å². The van der Waals surface area contributed by atoms with Gasteiger partial charge in [0.2, 0.25) is 0 Å². The average molecular weight is 304 g/mol. The molecule has 1 aromatic carbocycles. The van der Waals surface area contributed by atoms with E-state index in [0.29, 0.717) is 29.0 Å². The molecule has 2 rings (SSSR count). The van der Waals surface area contributed by atoms with Gasteiger partial charge in [0.25, 0.3) is 0 Å². The Hall–Kier alpha value is -1.34. The summed E-state index contributed by atoms with van der Waals surface area (Å²) in [6.45, 7) is 4.80. The number of benzene rings is 1. The van der Waals surface area contributed by atoms with Crippen LogP contribution in [0, 0.1) is 4.77 Å². The first-order valence-electron chi connectivity index (χ1n) is 6.20. The Balaban J connectivity index is 2.33. The van der Waals surface area contributed by atoms with Gasteiger partial charge in [-0.2, -0.15) is 13.2 Å². The van der Waals surface area contributed by atoms with E-state index in [1.807, 2.05) is 13.8 Å². The standard InChI is InChI=1S/C13H15F3N2OS/c1-8(2)19-6-5-18-11-4-3-9(13(14,15)16)7-10(11)17-12(18)20/h3-4,7-8H,5-6H2,1-2H3,(H,17,20). The Bertz CT molecular complexity index is 658. The molecule has 0 radical (unpaired) electrons. The molecule has 0 saturated heterocycles. The number of nitrogens with zero attached hydrogens (tertiary/aromatic N) is 1. The maximum atomic E-state index is 12.6. The minimum absolute atomic E-state index is 0.103. The molecule has 0 bridgehead atoms. The number of fused-ring (bicyclic) bond motifs is 1. The third kappa shape index (κ3) is 3.21. The number of hydrogen-bond acceptors (Lipinski definition) is 2. The number of rotatable bonds is 4. The van der Waals surface area contributed by atoms with Gasteiger partial charge in [0.15, 0.2) is 4.77 Å². The van der Waals surface area contributed by atoms with Crippen molar-refractivity contribution in [3.8, 4) is 0 Å². The molecule has 20 heavy (non-hydrogen) atoms. The molecule has 110 valence electrons. The molecule has 0 aliphatic carbocycles. The summed E-state index contributed by atoms with van der Waals surface area (Å²) in [6.07, 6.45) is -4.25. The van der Waals surface area contributed by atoms with Crippen molar-refractivity contribution in [1.29, 1.82) is 0 Å². The Morgan fingerprint density at radius 3 is 2.65 bits per heavy atom. The van der Waals surface area contributed by atoms with Gasteiger partial charge in [-0.3, -0.25) is 0 Å². The van der Waals surface area contributed by atoms with Crippen molar-refractivity contribution in [3.63, 3.8) is 0 Å². The van der Waals surface area contributed by atoms with Crippen LogP contribution in [0.2, 0.25) is 0 Å². The van der Waals surface area contributed by atoms with Crippen LogP contribution in [0.15, 0.2) is 18.2 Å². The lowest BCUT2D eigenvalue weighted by Crippen LogP contribution is -2.10. The van der Waals surface area contributed by atoms with E-state index >= 15 is 0 Å². The molecule has 0 aliphatic rings. The molecule has 7 heteroatoms. The van der Waals surface area contributed by atoms with Crippen molar-refractivity contribution in [2.45, 2.75) is 32.7 Å². The maximum Gasteiger partial charge on any atom is 0.416 e. The Kier molecular flexibility index (Phi) is 4.19. The van der Waals surface area contributed by atoms with Crippen LogP contribution in [0.3, 0.4) is 0 Å². The molecule has 0 saturated carbocycles. The van der Waals surface area contributed by atoms with Crippen LogP contribution in [0.25, 0.3) is 11.0 Å². The quantitative estimate of drug-likeness (QED) is 0.860. The summed E-state index contributed by atoms with van der Waals surface area (Å²) >= 11 is 5.14. The molecule has 0 spiro atoms. The highest BCUT2D eigenvalue weighted by molar-refractivity contribution is 7.71. The summed E-state index contributed by atoms with van der Waals surface area (Å²) in [7, 11) is 0. The van der Waals surface area contributed by atoms with E-state index in [1.165, 1.54) is 6.07 Å². The fourth-order valence-electron chi connectivity index (χ4n) is 1.94. The third-order valence-corrected chi connectivity index (χ3v) is 3.19. The summed E-state index contributed by atoms with van der Waals surface area (Å²) in [6, 6.07) is 3.56. The smallest absolute Gasteiger partial charge is 0.377 e. The van der Waals surface area contributed by atoms with Gasteiger partial charge >= 0.3 is 6.18 Å². The molecule has 1 heterocycles. The second kappa shape index (κ2) is 5.57. The van der Waals surface area contributed by atoms with E-state index < -0.39 is 11.7 Å². The van der Waals surface area contributed by atoms with Gasteiger partial charge in [-0.15, -0.1) is 0 Å². The molecule has 1 N–H and O–H groups in total. The second-order valence-electron chi connectivity index (χ2n) is 4.73. The van der Waals surface area contributed by atoms with Crippen LogP contribution in [-0.4, -0.2) is 22.3 Å². The van der Waals surface area contributed by atoms with E-state index in [9.17, 15) is 13.2 Å². The number of aromatic amines is 1.